The lowest BCUT2D eigenvalue weighted by Gasteiger charge is -2.39. The zero-order valence-electron chi connectivity index (χ0n) is 67.4. The Bertz CT molecular complexity index is 825. The SMILES string of the molecule is CCCC[N+](CCCC)(CCCC)CCCC.CCCC[N+](CCCC)(CCCC)CCCC.CCCC[N+](CCCC)(CCCC)CCCC.CCCC[N+](CCCC)(CCCC)CCCC.CCCC[N+](CCCC)(CCCC)CCCC.Cl.Cl.[Cl-].[Cl-].[Cl-].[Cl-].[Cl-]. The second-order valence-electron chi connectivity index (χ2n) is 28.3. The van der Waals surface area contributed by atoms with Crippen LogP contribution in [0.5, 0.6) is 0 Å². The number of quaternary nitrogens is 5. The van der Waals surface area contributed by atoms with Crippen molar-refractivity contribution in [2.45, 2.75) is 395 Å². The molecule has 0 fully saturated rings. The molecule has 0 saturated carbocycles. The summed E-state index contributed by atoms with van der Waals surface area (Å²) in [5.41, 5.74) is 0. The lowest BCUT2D eigenvalue weighted by Crippen LogP contribution is -3.00. The van der Waals surface area contributed by atoms with Crippen molar-refractivity contribution in [3.63, 3.8) is 0 Å². The Balaban J connectivity index is -0.0000000853. The van der Waals surface area contributed by atoms with Gasteiger partial charge in [0.25, 0.3) is 0 Å². The molecule has 5 nitrogen and oxygen atoms in total. The summed E-state index contributed by atoms with van der Waals surface area (Å²) in [4.78, 5) is 0. The Hall–Kier alpha value is 1.83. The smallest absolute Gasteiger partial charge is 0.0786 e. The van der Waals surface area contributed by atoms with Crippen molar-refractivity contribution in [2.24, 2.45) is 0 Å². The number of rotatable bonds is 60. The summed E-state index contributed by atoms with van der Waals surface area (Å²) < 4.78 is 7.10. The number of hydrogen-bond donors (Lipinski definition) is 0. The average molecular weight is 1460 g/mol. The van der Waals surface area contributed by atoms with Crippen LogP contribution < -0.4 is 62.0 Å². The molecule has 0 unspecified atom stereocenters. The van der Waals surface area contributed by atoms with Crippen LogP contribution in [0.4, 0.5) is 0 Å². The van der Waals surface area contributed by atoms with Crippen LogP contribution in [-0.4, -0.2) is 153 Å². The Labute approximate surface area is 631 Å². The van der Waals surface area contributed by atoms with Gasteiger partial charge in [0.15, 0.2) is 0 Å². The van der Waals surface area contributed by atoms with Crippen molar-refractivity contribution in [1.82, 2.24) is 0 Å². The van der Waals surface area contributed by atoms with Gasteiger partial charge >= 0.3 is 0 Å². The minimum absolute atomic E-state index is 0. The van der Waals surface area contributed by atoms with E-state index in [1.807, 2.05) is 0 Å². The third-order valence-corrected chi connectivity index (χ3v) is 19.7. The summed E-state index contributed by atoms with van der Waals surface area (Å²) in [6.07, 6.45) is 55.3. The van der Waals surface area contributed by atoms with Gasteiger partial charge in [-0.1, -0.05) is 267 Å². The van der Waals surface area contributed by atoms with Crippen LogP contribution >= 0.6 is 24.8 Å². The predicted molar refractivity (Wildman–Crippen MR) is 411 cm³/mol. The lowest BCUT2D eigenvalue weighted by atomic mass is 10.1. The molecule has 0 aromatic rings. The summed E-state index contributed by atoms with van der Waals surface area (Å²) in [5, 5.41) is 0. The number of hydrogen-bond acceptors (Lipinski definition) is 0. The zero-order chi connectivity index (χ0) is 64.9. The van der Waals surface area contributed by atoms with E-state index >= 15 is 0 Å². The molecule has 0 amide bonds. The molecule has 92 heavy (non-hydrogen) atoms. The highest BCUT2D eigenvalue weighted by molar-refractivity contribution is 5.85. The van der Waals surface area contributed by atoms with E-state index in [-0.39, 0.29) is 86.8 Å². The summed E-state index contributed by atoms with van der Waals surface area (Å²) in [6.45, 7) is 75.1. The molecule has 576 valence electrons. The van der Waals surface area contributed by atoms with Gasteiger partial charge in [-0.2, -0.15) is 0 Å². The monoisotopic (exact) mass is 1460 g/mol. The first kappa shape index (κ1) is 121. The standard InChI is InChI=1S/5C16H36N.7ClH/c5*1-5-9-13-17(14-10-6-2,15-11-7-3)16-12-8-4;;;;;;;/h5*5-16H2,1-4H3;7*1H/q5*+1;;;;;;;/p-5. The highest BCUT2D eigenvalue weighted by Gasteiger charge is 2.29. The van der Waals surface area contributed by atoms with Gasteiger partial charge in [0.05, 0.1) is 131 Å². The van der Waals surface area contributed by atoms with Crippen LogP contribution in [0.3, 0.4) is 0 Å². The summed E-state index contributed by atoms with van der Waals surface area (Å²) in [5.74, 6) is 0. The fourth-order valence-electron chi connectivity index (χ4n) is 13.2. The minimum atomic E-state index is 0. The van der Waals surface area contributed by atoms with Crippen molar-refractivity contribution in [3.8, 4) is 0 Å². The molecule has 0 bridgehead atoms. The third-order valence-electron chi connectivity index (χ3n) is 19.7. The van der Waals surface area contributed by atoms with Crippen LogP contribution in [0.2, 0.25) is 0 Å². The maximum absolute atomic E-state index is 2.33. The number of nitrogens with zero attached hydrogens (tertiary/aromatic N) is 5. The molecule has 0 aliphatic heterocycles. The van der Waals surface area contributed by atoms with Crippen molar-refractivity contribution < 1.29 is 84.5 Å². The van der Waals surface area contributed by atoms with Crippen LogP contribution in [0.15, 0.2) is 0 Å². The molecule has 0 spiro atoms. The topological polar surface area (TPSA) is 0 Å². The first-order valence-electron chi connectivity index (χ1n) is 40.5. The second-order valence-corrected chi connectivity index (χ2v) is 28.3. The molecule has 0 aromatic carbocycles. The van der Waals surface area contributed by atoms with Crippen molar-refractivity contribution in [1.29, 1.82) is 0 Å². The molecule has 12 heteroatoms. The Kier molecular flexibility index (Phi) is 122. The average Bonchev–Trinajstić information content (AvgIpc) is 3.75. The van der Waals surface area contributed by atoms with E-state index in [9.17, 15) is 0 Å². The van der Waals surface area contributed by atoms with Gasteiger partial charge in [-0.3, -0.25) is 0 Å². The Morgan fingerprint density at radius 3 is 0.185 bits per heavy atom. The van der Waals surface area contributed by atoms with Gasteiger partial charge in [0.2, 0.25) is 0 Å². The molecule has 0 saturated heterocycles. The first-order chi connectivity index (χ1) is 41.2. The van der Waals surface area contributed by atoms with E-state index in [1.54, 1.807) is 0 Å². The molecule has 0 aromatic heterocycles. The summed E-state index contributed by atoms with van der Waals surface area (Å²) in [7, 11) is 0. The minimum Gasteiger partial charge on any atom is -1.00 e. The molecule has 0 atom stereocenters. The van der Waals surface area contributed by atoms with Gasteiger partial charge in [-0.25, -0.2) is 0 Å². The second kappa shape index (κ2) is 92.8. The quantitative estimate of drug-likeness (QED) is 0.0533. The van der Waals surface area contributed by atoms with Gasteiger partial charge in [0, 0.05) is 0 Å². The van der Waals surface area contributed by atoms with Crippen LogP contribution in [0.25, 0.3) is 0 Å². The number of unbranched alkanes of at least 4 members (excludes halogenated alkanes) is 20. The van der Waals surface area contributed by atoms with E-state index in [4.69, 9.17) is 0 Å². The molecule has 0 aliphatic carbocycles. The first-order valence-corrected chi connectivity index (χ1v) is 40.5. The molecule has 0 rings (SSSR count). The predicted octanol–water partition coefficient (Wildman–Crippen LogP) is 10.9. The Morgan fingerprint density at radius 2 is 0.152 bits per heavy atom. The zero-order valence-corrected chi connectivity index (χ0v) is 72.8. The lowest BCUT2D eigenvalue weighted by molar-refractivity contribution is -0.929. The van der Waals surface area contributed by atoms with E-state index in [2.05, 4.69) is 138 Å². The van der Waals surface area contributed by atoms with E-state index in [0.717, 1.165) is 0 Å². The molecule has 0 N–H and O–H groups in total. The molecular weight excluding hydrogens is 1280 g/mol. The summed E-state index contributed by atoms with van der Waals surface area (Å²) in [6, 6.07) is 0. The molecular formula is C80H182Cl7N5. The fourth-order valence-corrected chi connectivity index (χ4v) is 13.2. The third kappa shape index (κ3) is 73.1. The highest BCUT2D eigenvalue weighted by Crippen LogP contribution is 2.21. The maximum atomic E-state index is 2.33. The molecule has 0 heterocycles. The molecule has 0 aliphatic rings. The van der Waals surface area contributed by atoms with Gasteiger partial charge in [-0.05, 0) is 128 Å². The van der Waals surface area contributed by atoms with Crippen LogP contribution in [0, 0.1) is 0 Å². The van der Waals surface area contributed by atoms with E-state index in [0.29, 0.717) is 0 Å². The maximum Gasteiger partial charge on any atom is 0.0786 e. The van der Waals surface area contributed by atoms with Gasteiger partial charge in [0.1, 0.15) is 0 Å². The van der Waals surface area contributed by atoms with Gasteiger partial charge < -0.3 is 84.5 Å². The summed E-state index contributed by atoms with van der Waals surface area (Å²) >= 11 is 0. The van der Waals surface area contributed by atoms with E-state index < -0.39 is 0 Å². The van der Waals surface area contributed by atoms with Crippen molar-refractivity contribution in [2.75, 3.05) is 131 Å². The largest absolute Gasteiger partial charge is 1.00 e. The van der Waals surface area contributed by atoms with Gasteiger partial charge in [-0.15, -0.1) is 24.8 Å². The normalized spacial score (nSPS) is 11.1. The Morgan fingerprint density at radius 1 is 0.109 bits per heavy atom. The van der Waals surface area contributed by atoms with Crippen molar-refractivity contribution in [3.05, 3.63) is 0 Å². The van der Waals surface area contributed by atoms with Crippen LogP contribution in [0.1, 0.15) is 395 Å². The highest BCUT2D eigenvalue weighted by atomic mass is 35.5. The molecule has 0 radical (unpaired) electrons. The number of halogens is 7. The van der Waals surface area contributed by atoms with Crippen molar-refractivity contribution >= 4 is 24.8 Å². The van der Waals surface area contributed by atoms with Crippen LogP contribution in [-0.2, 0) is 0 Å². The van der Waals surface area contributed by atoms with E-state index in [1.165, 1.54) is 410 Å². The fraction of sp³-hybridized carbons (Fsp3) is 1.00.